The van der Waals surface area contributed by atoms with E-state index >= 15 is 0 Å². The Bertz CT molecular complexity index is 1090. The molecule has 0 bridgehead atoms. The number of nitrogens with zero attached hydrogens (tertiary/aromatic N) is 2. The third-order valence-electron chi connectivity index (χ3n) is 5.82. The summed E-state index contributed by atoms with van der Waals surface area (Å²) in [6.45, 7) is 1.90. The largest absolute Gasteiger partial charge is 0.339 e. The van der Waals surface area contributed by atoms with Gasteiger partial charge in [-0.15, -0.1) is 0 Å². The molecular formula is C23H26FN3O2. The molecule has 2 fully saturated rings. The summed E-state index contributed by atoms with van der Waals surface area (Å²) >= 11 is 0. The number of halogens is 1. The highest BCUT2D eigenvalue weighted by Gasteiger charge is 2.50. The number of Topliss-reactive ketones (excluding diaryl/α,β-unsaturated/α-hetero) is 1. The Kier molecular flexibility index (Phi) is 4.10. The molecular weight excluding hydrogens is 369 g/mol. The maximum absolute atomic E-state index is 13.0. The minimum atomic E-state index is -0.978. The number of rotatable bonds is 6. The molecule has 0 unspecified atom stereocenters. The molecule has 5 nitrogen and oxygen atoms in total. The highest BCUT2D eigenvalue weighted by molar-refractivity contribution is 5.96. The Morgan fingerprint density at radius 3 is 2.52 bits per heavy atom. The van der Waals surface area contributed by atoms with Crippen LogP contribution in [0, 0.1) is 5.82 Å². The van der Waals surface area contributed by atoms with Crippen LogP contribution in [-0.4, -0.2) is 48.4 Å². The fourth-order valence-corrected chi connectivity index (χ4v) is 4.15. The second kappa shape index (κ2) is 8.33. The van der Waals surface area contributed by atoms with Crippen molar-refractivity contribution in [3.05, 3.63) is 65.9 Å². The standard InChI is InChI=1S/C23H26FN3O2/c24-19-10-8-18(9-11-19)21(28)7-4-14-26-15-12-23(13-16-26)22(29)25-17-27(23)20-5-2-1-3-6-20/h1-3,5-6,8-11H,4,7,12-17H2,(H,25,29)/i1D,2D,3D,5D,6D. The molecule has 1 amide bonds. The van der Waals surface area contributed by atoms with Gasteiger partial charge in [0, 0.05) is 30.8 Å². The molecule has 0 radical (unpaired) electrons. The van der Waals surface area contributed by atoms with Crippen molar-refractivity contribution < 1.29 is 20.8 Å². The smallest absolute Gasteiger partial charge is 0.247 e. The molecule has 0 aromatic heterocycles. The molecule has 6 heteroatoms. The van der Waals surface area contributed by atoms with Crippen LogP contribution in [-0.2, 0) is 4.79 Å². The number of amides is 1. The summed E-state index contributed by atoms with van der Waals surface area (Å²) in [5.41, 5.74) is -0.451. The minimum absolute atomic E-state index is 0.0442. The average Bonchev–Trinajstić information content (AvgIpc) is 3.13. The molecule has 1 N–H and O–H groups in total. The van der Waals surface area contributed by atoms with Crippen LogP contribution >= 0.6 is 0 Å². The monoisotopic (exact) mass is 400 g/mol. The van der Waals surface area contributed by atoms with Crippen molar-refractivity contribution in [1.29, 1.82) is 0 Å². The fourth-order valence-electron chi connectivity index (χ4n) is 4.15. The summed E-state index contributed by atoms with van der Waals surface area (Å²) in [4.78, 5) is 29.0. The van der Waals surface area contributed by atoms with Crippen molar-refractivity contribution in [2.45, 2.75) is 31.2 Å². The molecule has 152 valence electrons. The van der Waals surface area contributed by atoms with Gasteiger partial charge in [0.1, 0.15) is 11.4 Å². The topological polar surface area (TPSA) is 52.7 Å². The van der Waals surface area contributed by atoms with Crippen LogP contribution in [0.2, 0.25) is 0 Å². The molecule has 2 aliphatic rings. The zero-order valence-corrected chi connectivity index (χ0v) is 16.1. The maximum Gasteiger partial charge on any atom is 0.247 e. The average molecular weight is 401 g/mol. The van der Waals surface area contributed by atoms with E-state index in [2.05, 4.69) is 10.2 Å². The third-order valence-corrected chi connectivity index (χ3v) is 5.82. The number of ketones is 1. The van der Waals surface area contributed by atoms with Gasteiger partial charge in [0.25, 0.3) is 0 Å². The quantitative estimate of drug-likeness (QED) is 0.757. The van der Waals surface area contributed by atoms with Crippen molar-refractivity contribution in [3.63, 3.8) is 0 Å². The van der Waals surface area contributed by atoms with E-state index in [-0.39, 0.29) is 41.9 Å². The number of para-hydroxylation sites is 1. The Hall–Kier alpha value is -2.73. The van der Waals surface area contributed by atoms with Crippen molar-refractivity contribution in [3.8, 4) is 0 Å². The van der Waals surface area contributed by atoms with Crippen LogP contribution in [0.3, 0.4) is 0 Å². The molecule has 0 saturated carbocycles. The summed E-state index contributed by atoms with van der Waals surface area (Å²) < 4.78 is 53.4. The summed E-state index contributed by atoms with van der Waals surface area (Å²) in [5, 5.41) is 2.79. The maximum atomic E-state index is 13.0. The first-order valence-electron chi connectivity index (χ1n) is 12.3. The van der Waals surface area contributed by atoms with E-state index < -0.39 is 23.7 Å². The molecule has 2 aromatic carbocycles. The van der Waals surface area contributed by atoms with Gasteiger partial charge < -0.3 is 15.1 Å². The normalized spacial score (nSPS) is 21.2. The zero-order chi connectivity index (χ0) is 24.6. The highest BCUT2D eigenvalue weighted by Crippen LogP contribution is 2.36. The predicted molar refractivity (Wildman–Crippen MR) is 110 cm³/mol. The second-order valence-corrected chi connectivity index (χ2v) is 7.47. The second-order valence-electron chi connectivity index (χ2n) is 7.47. The van der Waals surface area contributed by atoms with Crippen LogP contribution in [0.25, 0.3) is 0 Å². The zero-order valence-electron chi connectivity index (χ0n) is 21.1. The van der Waals surface area contributed by atoms with E-state index in [1.54, 1.807) is 4.90 Å². The molecule has 2 heterocycles. The Morgan fingerprint density at radius 1 is 1.14 bits per heavy atom. The Labute approximate surface area is 177 Å². The van der Waals surface area contributed by atoms with Crippen LogP contribution in [0.4, 0.5) is 10.1 Å². The number of hydrogen-bond donors (Lipinski definition) is 1. The van der Waals surface area contributed by atoms with Gasteiger partial charge in [0.2, 0.25) is 5.91 Å². The van der Waals surface area contributed by atoms with Gasteiger partial charge in [-0.2, -0.15) is 0 Å². The van der Waals surface area contributed by atoms with E-state index in [0.29, 0.717) is 50.9 Å². The van der Waals surface area contributed by atoms with Gasteiger partial charge in [-0.25, -0.2) is 4.39 Å². The molecule has 2 saturated heterocycles. The van der Waals surface area contributed by atoms with Gasteiger partial charge in [0.05, 0.1) is 13.5 Å². The summed E-state index contributed by atoms with van der Waals surface area (Å²) in [6, 6.07) is 3.56. The lowest BCUT2D eigenvalue weighted by Crippen LogP contribution is -2.56. The fraction of sp³-hybridized carbons (Fsp3) is 0.391. The Balaban J connectivity index is 1.42. The number of nitrogens with one attached hydrogen (secondary N) is 1. The highest BCUT2D eigenvalue weighted by atomic mass is 19.1. The number of piperidine rings is 1. The molecule has 2 aliphatic heterocycles. The number of hydrogen-bond acceptors (Lipinski definition) is 4. The number of likely N-dealkylation sites (tertiary alicyclic amines) is 1. The minimum Gasteiger partial charge on any atom is -0.339 e. The van der Waals surface area contributed by atoms with Gasteiger partial charge >= 0.3 is 0 Å². The number of carbonyl (C=O) groups excluding carboxylic acids is 2. The first kappa shape index (κ1) is 14.3. The lowest BCUT2D eigenvalue weighted by atomic mass is 9.85. The predicted octanol–water partition coefficient (Wildman–Crippen LogP) is 3.22. The van der Waals surface area contributed by atoms with Gasteiger partial charge in [-0.05, 0) is 62.2 Å². The van der Waals surface area contributed by atoms with E-state index in [9.17, 15) is 14.0 Å². The summed E-state index contributed by atoms with van der Waals surface area (Å²) in [6.07, 6.45) is 1.84. The van der Waals surface area contributed by atoms with E-state index in [4.69, 9.17) is 6.85 Å². The third kappa shape index (κ3) is 4.03. The lowest BCUT2D eigenvalue weighted by molar-refractivity contribution is -0.125. The van der Waals surface area contributed by atoms with Crippen LogP contribution in [0.15, 0.2) is 54.5 Å². The van der Waals surface area contributed by atoms with Crippen LogP contribution in [0.1, 0.15) is 42.9 Å². The van der Waals surface area contributed by atoms with Crippen molar-refractivity contribution in [2.24, 2.45) is 0 Å². The number of benzene rings is 2. The van der Waals surface area contributed by atoms with Crippen molar-refractivity contribution in [2.75, 3.05) is 31.2 Å². The van der Waals surface area contributed by atoms with Gasteiger partial charge in [-0.1, -0.05) is 18.1 Å². The SMILES string of the molecule is [2H]c1c([2H])c([2H])c(N2CNC(=O)C23CCN(CCCC(=O)c2ccc(F)cc2)CC3)c([2H])c1[2H]. The van der Waals surface area contributed by atoms with E-state index in [1.165, 1.54) is 24.3 Å². The lowest BCUT2D eigenvalue weighted by Gasteiger charge is -2.43. The molecule has 1 spiro atoms. The molecule has 4 rings (SSSR count). The van der Waals surface area contributed by atoms with Crippen molar-refractivity contribution in [1.82, 2.24) is 10.2 Å². The summed E-state index contributed by atoms with van der Waals surface area (Å²) in [5.74, 6) is -0.631. The number of carbonyl (C=O) groups is 2. The Morgan fingerprint density at radius 2 is 1.83 bits per heavy atom. The number of anilines is 1. The summed E-state index contributed by atoms with van der Waals surface area (Å²) in [7, 11) is 0. The van der Waals surface area contributed by atoms with E-state index in [0.717, 1.165) is 0 Å². The van der Waals surface area contributed by atoms with Gasteiger partial charge in [-0.3, -0.25) is 9.59 Å². The van der Waals surface area contributed by atoms with Gasteiger partial charge in [0.15, 0.2) is 5.78 Å². The van der Waals surface area contributed by atoms with E-state index in [1.807, 2.05) is 0 Å². The van der Waals surface area contributed by atoms with Crippen molar-refractivity contribution >= 4 is 17.4 Å². The first-order chi connectivity index (χ1) is 16.2. The van der Waals surface area contributed by atoms with Crippen LogP contribution < -0.4 is 10.2 Å². The molecule has 2 aromatic rings. The molecule has 0 atom stereocenters. The first-order valence-corrected chi connectivity index (χ1v) is 9.79. The molecule has 29 heavy (non-hydrogen) atoms. The van der Waals surface area contributed by atoms with Crippen LogP contribution in [0.5, 0.6) is 0 Å². The molecule has 0 aliphatic carbocycles.